The summed E-state index contributed by atoms with van der Waals surface area (Å²) in [6, 6.07) is 2.75. The van der Waals surface area contributed by atoms with Crippen LogP contribution < -0.4 is 10.1 Å². The van der Waals surface area contributed by atoms with E-state index in [4.69, 9.17) is 9.84 Å². The van der Waals surface area contributed by atoms with Crippen molar-refractivity contribution in [3.63, 3.8) is 0 Å². The number of nitrogens with one attached hydrogen (secondary N) is 1. The molecule has 1 rings (SSSR count). The number of carboxylic acids is 1. The summed E-state index contributed by atoms with van der Waals surface area (Å²) in [4.78, 5) is 21.4. The molecule has 2 atom stereocenters. The van der Waals surface area contributed by atoms with E-state index in [2.05, 4.69) is 5.32 Å². The van der Waals surface area contributed by atoms with Crippen LogP contribution in [0.2, 0.25) is 0 Å². The third-order valence-electron chi connectivity index (χ3n) is 3.26. The first kappa shape index (κ1) is 19.5. The lowest BCUT2D eigenvalue weighted by Crippen LogP contribution is -2.27. The smallest absolute Gasteiger partial charge is 0.328 e. The van der Waals surface area contributed by atoms with Gasteiger partial charge in [-0.25, -0.2) is 4.79 Å². The van der Waals surface area contributed by atoms with E-state index < -0.39 is 18.2 Å². The molecule has 0 heterocycles. The summed E-state index contributed by atoms with van der Waals surface area (Å²) in [6.45, 7) is 1.49. The predicted octanol–water partition coefficient (Wildman–Crippen LogP) is 0.419. The maximum Gasteiger partial charge on any atom is 0.328 e. The summed E-state index contributed by atoms with van der Waals surface area (Å²) >= 11 is 0. The van der Waals surface area contributed by atoms with Gasteiger partial charge in [0.1, 0.15) is 6.10 Å². The first-order valence-electron chi connectivity index (χ1n) is 7.18. The van der Waals surface area contributed by atoms with Crippen molar-refractivity contribution in [1.82, 2.24) is 5.32 Å². The molecule has 8 heteroatoms. The molecule has 0 aromatic heterocycles. The SMILES string of the molecule is COc1cc(C=CC(=O)O)cc(C(O)C(O)CCNC(C)=O)c1O. The number of hydrogen-bond acceptors (Lipinski definition) is 6. The molecule has 132 valence electrons. The maximum atomic E-state index is 10.8. The van der Waals surface area contributed by atoms with Gasteiger partial charge < -0.3 is 30.5 Å². The topological polar surface area (TPSA) is 136 Å². The number of methoxy groups -OCH3 is 1. The van der Waals surface area contributed by atoms with Gasteiger partial charge in [0.15, 0.2) is 11.5 Å². The molecule has 0 bridgehead atoms. The van der Waals surface area contributed by atoms with Crippen molar-refractivity contribution in [1.29, 1.82) is 0 Å². The number of aliphatic hydroxyl groups is 2. The predicted molar refractivity (Wildman–Crippen MR) is 85.6 cm³/mol. The Kier molecular flexibility index (Phi) is 7.22. The van der Waals surface area contributed by atoms with E-state index in [1.54, 1.807) is 0 Å². The fourth-order valence-electron chi connectivity index (χ4n) is 2.06. The van der Waals surface area contributed by atoms with E-state index in [1.165, 1.54) is 32.2 Å². The average molecular weight is 339 g/mol. The minimum atomic E-state index is -1.44. The number of hydrogen-bond donors (Lipinski definition) is 5. The number of phenolic OH excluding ortho intramolecular Hbond substituents is 1. The summed E-state index contributed by atoms with van der Waals surface area (Å²) in [5, 5.41) is 41.5. The second kappa shape index (κ2) is 8.90. The second-order valence-electron chi connectivity index (χ2n) is 5.12. The van der Waals surface area contributed by atoms with Gasteiger partial charge in [0.05, 0.1) is 13.2 Å². The van der Waals surface area contributed by atoms with E-state index in [0.29, 0.717) is 5.56 Å². The van der Waals surface area contributed by atoms with Crippen LogP contribution in [0, 0.1) is 0 Å². The minimum absolute atomic E-state index is 0.00489. The van der Waals surface area contributed by atoms with E-state index in [1.807, 2.05) is 0 Å². The van der Waals surface area contributed by atoms with E-state index in [9.17, 15) is 24.9 Å². The molecule has 0 fully saturated rings. The first-order chi connectivity index (χ1) is 11.3. The maximum absolute atomic E-state index is 10.8. The molecule has 24 heavy (non-hydrogen) atoms. The highest BCUT2D eigenvalue weighted by Gasteiger charge is 2.23. The van der Waals surface area contributed by atoms with Crippen molar-refractivity contribution in [2.75, 3.05) is 13.7 Å². The van der Waals surface area contributed by atoms with Crippen molar-refractivity contribution >= 4 is 18.0 Å². The van der Waals surface area contributed by atoms with Crippen LogP contribution in [-0.4, -0.2) is 52.1 Å². The Hall–Kier alpha value is -2.58. The molecule has 0 saturated carbocycles. The monoisotopic (exact) mass is 339 g/mol. The molecule has 0 radical (unpaired) electrons. The molecular formula is C16H21NO7. The lowest BCUT2D eigenvalue weighted by atomic mass is 9.98. The molecule has 0 aliphatic heterocycles. The Morgan fingerprint density at radius 2 is 2.00 bits per heavy atom. The van der Waals surface area contributed by atoms with E-state index in [-0.39, 0.29) is 35.9 Å². The van der Waals surface area contributed by atoms with Gasteiger partial charge in [-0.15, -0.1) is 0 Å². The highest BCUT2D eigenvalue weighted by atomic mass is 16.5. The summed E-state index contributed by atoms with van der Waals surface area (Å²) in [5.41, 5.74) is 0.366. The second-order valence-corrected chi connectivity index (χ2v) is 5.12. The van der Waals surface area contributed by atoms with Crippen LogP contribution in [0.25, 0.3) is 6.08 Å². The molecular weight excluding hydrogens is 318 g/mol. The number of carbonyl (C=O) groups is 2. The van der Waals surface area contributed by atoms with Gasteiger partial charge in [-0.3, -0.25) is 4.79 Å². The summed E-state index contributed by atoms with van der Waals surface area (Å²) < 4.78 is 4.99. The zero-order valence-electron chi connectivity index (χ0n) is 13.4. The van der Waals surface area contributed by atoms with Crippen molar-refractivity contribution in [3.05, 3.63) is 29.3 Å². The van der Waals surface area contributed by atoms with Gasteiger partial charge in [0.2, 0.25) is 5.91 Å². The number of aromatic hydroxyl groups is 1. The third kappa shape index (κ3) is 5.56. The Bertz CT molecular complexity index is 627. The number of rotatable bonds is 8. The molecule has 8 nitrogen and oxygen atoms in total. The number of benzene rings is 1. The largest absolute Gasteiger partial charge is 0.504 e. The van der Waals surface area contributed by atoms with Crippen LogP contribution in [0.1, 0.15) is 30.6 Å². The number of carboxylic acid groups (broad SMARTS) is 1. The van der Waals surface area contributed by atoms with Crippen molar-refractivity contribution in [2.45, 2.75) is 25.6 Å². The third-order valence-corrected chi connectivity index (χ3v) is 3.26. The van der Waals surface area contributed by atoms with Crippen LogP contribution in [0.5, 0.6) is 11.5 Å². The van der Waals surface area contributed by atoms with Crippen LogP contribution in [-0.2, 0) is 9.59 Å². The Labute approximate surface area is 139 Å². The standard InChI is InChI=1S/C16H21NO7/c1-9(18)17-6-5-12(19)15(22)11-7-10(3-4-14(20)21)8-13(24-2)16(11)23/h3-4,7-8,12,15,19,22-23H,5-6H2,1-2H3,(H,17,18)(H,20,21). The molecule has 1 aromatic carbocycles. The van der Waals surface area contributed by atoms with Gasteiger partial charge in [0, 0.05) is 25.1 Å². The quantitative estimate of drug-likeness (QED) is 0.433. The molecule has 0 aliphatic rings. The normalized spacial score (nSPS) is 13.5. The van der Waals surface area contributed by atoms with Crippen molar-refractivity contribution < 1.29 is 34.8 Å². The number of phenols is 1. The fraction of sp³-hybridized carbons (Fsp3) is 0.375. The number of ether oxygens (including phenoxy) is 1. The summed E-state index contributed by atoms with van der Waals surface area (Å²) in [5.74, 6) is -1.73. The van der Waals surface area contributed by atoms with E-state index >= 15 is 0 Å². The summed E-state index contributed by atoms with van der Waals surface area (Å²) in [7, 11) is 1.31. The lowest BCUT2D eigenvalue weighted by molar-refractivity contribution is -0.131. The van der Waals surface area contributed by atoms with Crippen molar-refractivity contribution in [2.24, 2.45) is 0 Å². The number of carbonyl (C=O) groups excluding carboxylic acids is 1. The van der Waals surface area contributed by atoms with Crippen molar-refractivity contribution in [3.8, 4) is 11.5 Å². The zero-order chi connectivity index (χ0) is 18.3. The van der Waals surface area contributed by atoms with Crippen LogP contribution in [0.3, 0.4) is 0 Å². The number of aliphatic carboxylic acids is 1. The van der Waals surface area contributed by atoms with Crippen LogP contribution in [0.4, 0.5) is 0 Å². The van der Waals surface area contributed by atoms with Gasteiger partial charge in [0.25, 0.3) is 0 Å². The van der Waals surface area contributed by atoms with E-state index in [0.717, 1.165) is 6.08 Å². The number of amides is 1. The zero-order valence-corrected chi connectivity index (χ0v) is 13.4. The Morgan fingerprint density at radius 3 is 2.54 bits per heavy atom. The number of aliphatic hydroxyl groups excluding tert-OH is 2. The van der Waals surface area contributed by atoms with Gasteiger partial charge in [-0.1, -0.05) is 0 Å². The Morgan fingerprint density at radius 1 is 1.33 bits per heavy atom. The molecule has 2 unspecified atom stereocenters. The molecule has 0 spiro atoms. The van der Waals surface area contributed by atoms with Crippen LogP contribution in [0.15, 0.2) is 18.2 Å². The fourth-order valence-corrected chi connectivity index (χ4v) is 2.06. The van der Waals surface area contributed by atoms with Crippen LogP contribution >= 0.6 is 0 Å². The molecule has 0 aliphatic carbocycles. The molecule has 5 N–H and O–H groups in total. The first-order valence-corrected chi connectivity index (χ1v) is 7.18. The Balaban J connectivity index is 3.04. The van der Waals surface area contributed by atoms with Gasteiger partial charge >= 0.3 is 5.97 Å². The highest BCUT2D eigenvalue weighted by Crippen LogP contribution is 2.37. The highest BCUT2D eigenvalue weighted by molar-refractivity contribution is 5.85. The lowest BCUT2D eigenvalue weighted by Gasteiger charge is -2.20. The van der Waals surface area contributed by atoms with Gasteiger partial charge in [-0.2, -0.15) is 0 Å². The minimum Gasteiger partial charge on any atom is -0.504 e. The average Bonchev–Trinajstić information content (AvgIpc) is 2.52. The molecule has 1 aromatic rings. The van der Waals surface area contributed by atoms with Gasteiger partial charge in [-0.05, 0) is 30.2 Å². The molecule has 0 saturated heterocycles. The molecule has 1 amide bonds. The summed E-state index contributed by atoms with van der Waals surface area (Å²) in [6.07, 6.45) is -0.450.